The average Bonchev–Trinajstić information content (AvgIpc) is 2.37. The fraction of sp³-hybridized carbons (Fsp3) is 0.231. The van der Waals surface area contributed by atoms with E-state index in [1.54, 1.807) is 0 Å². The summed E-state index contributed by atoms with van der Waals surface area (Å²) in [5, 5.41) is 0. The fourth-order valence-corrected chi connectivity index (χ4v) is 1.69. The molecule has 0 amide bonds. The van der Waals surface area contributed by atoms with Crippen molar-refractivity contribution in [3.05, 3.63) is 41.7 Å². The Morgan fingerprint density at radius 3 is 2.35 bits per heavy atom. The molecule has 7 heteroatoms. The minimum absolute atomic E-state index is 0.179. The molecule has 0 spiro atoms. The van der Waals surface area contributed by atoms with Gasteiger partial charge in [0, 0.05) is 18.7 Å². The highest BCUT2D eigenvalue weighted by Crippen LogP contribution is 2.30. The Bertz CT molecular complexity index is 597. The number of aromatic nitrogens is 2. The first-order valence-corrected chi connectivity index (χ1v) is 5.70. The number of alkyl halides is 3. The van der Waals surface area contributed by atoms with Crippen molar-refractivity contribution in [3.63, 3.8) is 0 Å². The zero-order valence-corrected chi connectivity index (χ0v) is 10.6. The fourth-order valence-electron chi connectivity index (χ4n) is 1.69. The number of nitrogen functional groups attached to an aromatic ring is 1. The number of nitrogens with two attached hydrogens (primary N) is 1. The van der Waals surface area contributed by atoms with Gasteiger partial charge in [-0.15, -0.1) is 0 Å². The van der Waals surface area contributed by atoms with Gasteiger partial charge in [0.15, 0.2) is 5.82 Å². The van der Waals surface area contributed by atoms with Gasteiger partial charge < -0.3 is 10.5 Å². The second kappa shape index (κ2) is 5.46. The maximum atomic E-state index is 12.5. The molecule has 1 heterocycles. The molecule has 0 saturated heterocycles. The lowest BCUT2D eigenvalue weighted by Gasteiger charge is -2.08. The lowest BCUT2D eigenvalue weighted by molar-refractivity contribution is -0.137. The normalized spacial score (nSPS) is 11.6. The summed E-state index contributed by atoms with van der Waals surface area (Å²) in [5.74, 6) is 0.615. The third-order valence-electron chi connectivity index (χ3n) is 2.57. The minimum Gasteiger partial charge on any atom is -0.384 e. The first-order chi connectivity index (χ1) is 9.40. The largest absolute Gasteiger partial charge is 0.416 e. The number of benzene rings is 1. The lowest BCUT2D eigenvalue weighted by atomic mass is 10.1. The van der Waals surface area contributed by atoms with Crippen LogP contribution >= 0.6 is 0 Å². The smallest absolute Gasteiger partial charge is 0.384 e. The molecule has 2 aromatic rings. The van der Waals surface area contributed by atoms with E-state index in [4.69, 9.17) is 10.5 Å². The van der Waals surface area contributed by atoms with Gasteiger partial charge in [0.05, 0.1) is 11.3 Å². The van der Waals surface area contributed by atoms with Gasteiger partial charge in [0.1, 0.15) is 12.4 Å². The molecule has 0 aliphatic heterocycles. The molecule has 0 saturated carbocycles. The van der Waals surface area contributed by atoms with E-state index in [2.05, 4.69) is 9.97 Å². The molecule has 0 bridgehead atoms. The quantitative estimate of drug-likeness (QED) is 0.940. The molecule has 4 nitrogen and oxygen atoms in total. The molecule has 0 radical (unpaired) electrons. The summed E-state index contributed by atoms with van der Waals surface area (Å²) in [6.07, 6.45) is -4.36. The van der Waals surface area contributed by atoms with Gasteiger partial charge in [-0.3, -0.25) is 0 Å². The third kappa shape index (κ3) is 3.24. The molecule has 2 N–H and O–H groups in total. The highest BCUT2D eigenvalue weighted by molar-refractivity contribution is 5.62. The van der Waals surface area contributed by atoms with Crippen molar-refractivity contribution in [2.45, 2.75) is 12.8 Å². The lowest BCUT2D eigenvalue weighted by Crippen LogP contribution is -2.05. The summed E-state index contributed by atoms with van der Waals surface area (Å²) in [7, 11) is 1.49. The van der Waals surface area contributed by atoms with E-state index in [0.717, 1.165) is 12.1 Å². The van der Waals surface area contributed by atoms with Crippen LogP contribution in [-0.4, -0.2) is 17.1 Å². The van der Waals surface area contributed by atoms with Crippen LogP contribution in [0.5, 0.6) is 0 Å². The molecular formula is C13H12F3N3O. The van der Waals surface area contributed by atoms with E-state index < -0.39 is 11.7 Å². The maximum absolute atomic E-state index is 12.5. The standard InChI is InChI=1S/C13H12F3N3O/c1-20-7-12-18-10(6-11(17)19-12)8-2-4-9(5-3-8)13(14,15)16/h2-6H,7H2,1H3,(H2,17,18,19). The van der Waals surface area contributed by atoms with Crippen LogP contribution < -0.4 is 5.73 Å². The topological polar surface area (TPSA) is 61.0 Å². The van der Waals surface area contributed by atoms with Gasteiger partial charge in [-0.1, -0.05) is 12.1 Å². The summed E-state index contributed by atoms with van der Waals surface area (Å²) >= 11 is 0. The van der Waals surface area contributed by atoms with Gasteiger partial charge in [-0.05, 0) is 12.1 Å². The molecule has 0 fully saturated rings. The van der Waals surface area contributed by atoms with Crippen molar-refractivity contribution in [1.82, 2.24) is 9.97 Å². The first kappa shape index (κ1) is 14.3. The molecule has 106 valence electrons. The predicted molar refractivity (Wildman–Crippen MR) is 67.6 cm³/mol. The van der Waals surface area contributed by atoms with Crippen LogP contribution in [0.25, 0.3) is 11.3 Å². The maximum Gasteiger partial charge on any atom is 0.416 e. The number of hydrogen-bond donors (Lipinski definition) is 1. The molecule has 1 aromatic carbocycles. The minimum atomic E-state index is -4.36. The summed E-state index contributed by atoms with van der Waals surface area (Å²) in [5.41, 5.74) is 5.92. The molecule has 0 aliphatic rings. The van der Waals surface area contributed by atoms with Gasteiger partial charge >= 0.3 is 6.18 Å². The number of methoxy groups -OCH3 is 1. The summed E-state index contributed by atoms with van der Waals surface area (Å²) in [4.78, 5) is 8.16. The SMILES string of the molecule is COCc1nc(N)cc(-c2ccc(C(F)(F)F)cc2)n1. The zero-order valence-electron chi connectivity index (χ0n) is 10.6. The Morgan fingerprint density at radius 1 is 1.15 bits per heavy atom. The Hall–Kier alpha value is -2.15. The summed E-state index contributed by atoms with van der Waals surface area (Å²) in [6.45, 7) is 0.179. The Balaban J connectivity index is 2.36. The van der Waals surface area contributed by atoms with Crippen molar-refractivity contribution in [2.24, 2.45) is 0 Å². The van der Waals surface area contributed by atoms with Crippen molar-refractivity contribution < 1.29 is 17.9 Å². The number of halogens is 3. The average molecular weight is 283 g/mol. The first-order valence-electron chi connectivity index (χ1n) is 5.70. The van der Waals surface area contributed by atoms with Crippen molar-refractivity contribution in [1.29, 1.82) is 0 Å². The summed E-state index contributed by atoms with van der Waals surface area (Å²) in [6, 6.07) is 6.21. The number of hydrogen-bond acceptors (Lipinski definition) is 4. The van der Waals surface area contributed by atoms with E-state index >= 15 is 0 Å². The zero-order chi connectivity index (χ0) is 14.8. The van der Waals surface area contributed by atoms with Gasteiger partial charge in [-0.25, -0.2) is 9.97 Å². The van der Waals surface area contributed by atoms with E-state index in [9.17, 15) is 13.2 Å². The van der Waals surface area contributed by atoms with Gasteiger partial charge in [-0.2, -0.15) is 13.2 Å². The van der Waals surface area contributed by atoms with E-state index in [1.165, 1.54) is 25.3 Å². The molecule has 2 rings (SSSR count). The Kier molecular flexibility index (Phi) is 3.89. The van der Waals surface area contributed by atoms with E-state index in [0.29, 0.717) is 17.1 Å². The van der Waals surface area contributed by atoms with Gasteiger partial charge in [0.25, 0.3) is 0 Å². The van der Waals surface area contributed by atoms with Crippen LogP contribution in [0, 0.1) is 0 Å². The second-order valence-electron chi connectivity index (χ2n) is 4.10. The Labute approximate surface area is 113 Å². The van der Waals surface area contributed by atoms with Crippen LogP contribution in [0.1, 0.15) is 11.4 Å². The van der Waals surface area contributed by atoms with Crippen LogP contribution in [0.15, 0.2) is 30.3 Å². The number of ether oxygens (including phenoxy) is 1. The van der Waals surface area contributed by atoms with Crippen LogP contribution in [-0.2, 0) is 17.5 Å². The van der Waals surface area contributed by atoms with Crippen LogP contribution in [0.2, 0.25) is 0 Å². The van der Waals surface area contributed by atoms with Crippen LogP contribution in [0.3, 0.4) is 0 Å². The van der Waals surface area contributed by atoms with E-state index in [1.807, 2.05) is 0 Å². The Morgan fingerprint density at radius 2 is 1.80 bits per heavy atom. The third-order valence-corrected chi connectivity index (χ3v) is 2.57. The summed E-state index contributed by atoms with van der Waals surface area (Å²) < 4.78 is 42.4. The van der Waals surface area contributed by atoms with Crippen LogP contribution in [0.4, 0.5) is 19.0 Å². The monoisotopic (exact) mass is 283 g/mol. The number of rotatable bonds is 3. The number of nitrogens with zero attached hydrogens (tertiary/aromatic N) is 2. The molecule has 0 atom stereocenters. The molecule has 1 aromatic heterocycles. The highest BCUT2D eigenvalue weighted by Gasteiger charge is 2.30. The molecule has 0 unspecified atom stereocenters. The van der Waals surface area contributed by atoms with Gasteiger partial charge in [0.2, 0.25) is 0 Å². The molecule has 0 aliphatic carbocycles. The predicted octanol–water partition coefficient (Wildman–Crippen LogP) is 2.89. The van der Waals surface area contributed by atoms with E-state index in [-0.39, 0.29) is 12.4 Å². The molecule has 20 heavy (non-hydrogen) atoms. The number of anilines is 1. The highest BCUT2D eigenvalue weighted by atomic mass is 19.4. The van der Waals surface area contributed by atoms with Crippen molar-refractivity contribution in [2.75, 3.05) is 12.8 Å². The van der Waals surface area contributed by atoms with Crippen molar-refractivity contribution in [3.8, 4) is 11.3 Å². The molecular weight excluding hydrogens is 271 g/mol. The second-order valence-corrected chi connectivity index (χ2v) is 4.10. The van der Waals surface area contributed by atoms with Crippen molar-refractivity contribution >= 4 is 5.82 Å².